The molecule has 3 heteroatoms. The predicted octanol–water partition coefficient (Wildman–Crippen LogP) is 4.94. The van der Waals surface area contributed by atoms with Crippen LogP contribution in [0, 0.1) is 5.82 Å². The predicted molar refractivity (Wildman–Crippen MR) is 93.8 cm³/mol. The highest BCUT2D eigenvalue weighted by atomic mass is 32.2. The summed E-state index contributed by atoms with van der Waals surface area (Å²) >= 11 is 0. The molecule has 0 aliphatic rings. The van der Waals surface area contributed by atoms with Crippen LogP contribution in [-0.4, -0.2) is 4.21 Å². The Morgan fingerprint density at radius 3 is 2.04 bits per heavy atom. The molecule has 23 heavy (non-hydrogen) atoms. The summed E-state index contributed by atoms with van der Waals surface area (Å²) in [7, 11) is -1.05. The molecule has 0 aliphatic heterocycles. The Kier molecular flexibility index (Phi) is 4.99. The molecule has 0 amide bonds. The molecule has 1 nitrogen and oxygen atoms in total. The van der Waals surface area contributed by atoms with Gasteiger partial charge < -0.3 is 0 Å². The largest absolute Gasteiger partial charge is 0.259 e. The Morgan fingerprint density at radius 1 is 0.696 bits per heavy atom. The Labute approximate surface area is 138 Å². The van der Waals surface area contributed by atoms with Crippen LogP contribution in [-0.2, 0) is 22.3 Å². The third-order valence-corrected chi connectivity index (χ3v) is 4.92. The molecule has 116 valence electrons. The van der Waals surface area contributed by atoms with Crippen molar-refractivity contribution < 1.29 is 8.60 Å². The second kappa shape index (κ2) is 7.34. The summed E-state index contributed by atoms with van der Waals surface area (Å²) in [5, 5.41) is 0. The number of hydrogen-bond donors (Lipinski definition) is 0. The highest BCUT2D eigenvalue weighted by Crippen LogP contribution is 2.20. The fourth-order valence-electron chi connectivity index (χ4n) is 2.47. The fraction of sp³-hybridized carbons (Fsp3) is 0.100. The van der Waals surface area contributed by atoms with Crippen LogP contribution in [0.4, 0.5) is 4.39 Å². The minimum atomic E-state index is -1.05. The van der Waals surface area contributed by atoms with Gasteiger partial charge in [0.05, 0.1) is 0 Å². The van der Waals surface area contributed by atoms with Gasteiger partial charge in [-0.3, -0.25) is 4.21 Å². The van der Waals surface area contributed by atoms with Crippen molar-refractivity contribution in [2.75, 3.05) is 0 Å². The van der Waals surface area contributed by atoms with Crippen molar-refractivity contribution in [3.63, 3.8) is 0 Å². The molecule has 3 rings (SSSR count). The maximum atomic E-state index is 13.2. The zero-order chi connectivity index (χ0) is 16.1. The van der Waals surface area contributed by atoms with Gasteiger partial charge in [0.15, 0.2) is 0 Å². The first kappa shape index (κ1) is 15.6. The summed E-state index contributed by atoms with van der Waals surface area (Å²) in [6, 6.07) is 24.5. The average molecular weight is 324 g/mol. The lowest BCUT2D eigenvalue weighted by atomic mass is 10.0. The van der Waals surface area contributed by atoms with Crippen molar-refractivity contribution in [3.05, 3.63) is 95.8 Å². The van der Waals surface area contributed by atoms with Gasteiger partial charge in [0.2, 0.25) is 0 Å². The molecule has 0 heterocycles. The van der Waals surface area contributed by atoms with E-state index in [1.807, 2.05) is 42.5 Å². The Bertz CT molecular complexity index is 797. The maximum absolute atomic E-state index is 13.2. The van der Waals surface area contributed by atoms with Crippen LogP contribution >= 0.6 is 0 Å². The molecule has 0 radical (unpaired) electrons. The molecule has 3 aromatic carbocycles. The van der Waals surface area contributed by atoms with E-state index in [9.17, 15) is 8.60 Å². The van der Waals surface area contributed by atoms with Gasteiger partial charge in [-0.15, -0.1) is 0 Å². The van der Waals surface area contributed by atoms with E-state index in [2.05, 4.69) is 12.1 Å². The summed E-state index contributed by atoms with van der Waals surface area (Å²) < 4.78 is 25.4. The minimum Gasteiger partial charge on any atom is -0.259 e. The van der Waals surface area contributed by atoms with Gasteiger partial charge in [-0.25, -0.2) is 4.39 Å². The Hall–Kier alpha value is -2.26. The Balaban J connectivity index is 1.65. The summed E-state index contributed by atoms with van der Waals surface area (Å²) in [6.45, 7) is 0. The van der Waals surface area contributed by atoms with Crippen LogP contribution in [0.2, 0.25) is 0 Å². The molecular weight excluding hydrogens is 307 g/mol. The Morgan fingerprint density at radius 2 is 1.35 bits per heavy atom. The summed E-state index contributed by atoms with van der Waals surface area (Å²) in [4.78, 5) is 0. The number of benzene rings is 3. The molecular formula is C20H17FOS. The molecule has 0 aliphatic carbocycles. The molecule has 0 saturated carbocycles. The van der Waals surface area contributed by atoms with Crippen molar-refractivity contribution in [2.45, 2.75) is 11.5 Å². The van der Waals surface area contributed by atoms with Gasteiger partial charge in [-0.1, -0.05) is 66.7 Å². The van der Waals surface area contributed by atoms with Crippen LogP contribution in [0.3, 0.4) is 0 Å². The minimum absolute atomic E-state index is 0.285. The van der Waals surface area contributed by atoms with E-state index in [1.165, 1.54) is 17.7 Å². The van der Waals surface area contributed by atoms with E-state index < -0.39 is 10.8 Å². The third kappa shape index (κ3) is 4.36. The first-order valence-corrected chi connectivity index (χ1v) is 8.93. The van der Waals surface area contributed by atoms with Crippen LogP contribution in [0.5, 0.6) is 0 Å². The van der Waals surface area contributed by atoms with Gasteiger partial charge in [-0.05, 0) is 34.4 Å². The summed E-state index contributed by atoms with van der Waals surface area (Å²) in [5.74, 6) is 0.566. The fourth-order valence-corrected chi connectivity index (χ4v) is 3.69. The van der Waals surface area contributed by atoms with Crippen molar-refractivity contribution >= 4 is 10.8 Å². The van der Waals surface area contributed by atoms with Crippen molar-refractivity contribution in [1.29, 1.82) is 0 Å². The molecule has 0 aromatic heterocycles. The third-order valence-electron chi connectivity index (χ3n) is 3.61. The second-order valence-corrected chi connectivity index (χ2v) is 6.88. The second-order valence-electron chi connectivity index (χ2n) is 5.42. The zero-order valence-electron chi connectivity index (χ0n) is 12.6. The maximum Gasteiger partial charge on any atom is 0.123 e. The highest BCUT2D eigenvalue weighted by molar-refractivity contribution is 7.83. The molecule has 1 atom stereocenters. The average Bonchev–Trinajstić information content (AvgIpc) is 2.56. The lowest BCUT2D eigenvalue weighted by molar-refractivity contribution is 0.626. The van der Waals surface area contributed by atoms with E-state index in [0.29, 0.717) is 11.5 Å². The molecule has 0 fully saturated rings. The van der Waals surface area contributed by atoms with Gasteiger partial charge in [0, 0.05) is 22.3 Å². The lowest BCUT2D eigenvalue weighted by Crippen LogP contribution is -1.99. The zero-order valence-corrected chi connectivity index (χ0v) is 13.4. The van der Waals surface area contributed by atoms with Crippen molar-refractivity contribution in [2.24, 2.45) is 0 Å². The first-order chi connectivity index (χ1) is 11.2. The molecule has 0 N–H and O–H groups in total. The SMILES string of the molecule is O=S(Cc1ccc(-c2ccccc2)cc1)Cc1cccc(F)c1. The molecule has 1 unspecified atom stereocenters. The molecule has 0 saturated heterocycles. The monoisotopic (exact) mass is 324 g/mol. The van der Waals surface area contributed by atoms with Gasteiger partial charge in [0.25, 0.3) is 0 Å². The quantitative estimate of drug-likeness (QED) is 0.649. The van der Waals surface area contributed by atoms with Crippen molar-refractivity contribution in [3.8, 4) is 11.1 Å². The van der Waals surface area contributed by atoms with Gasteiger partial charge in [-0.2, -0.15) is 0 Å². The highest BCUT2D eigenvalue weighted by Gasteiger charge is 2.05. The van der Waals surface area contributed by atoms with Crippen molar-refractivity contribution in [1.82, 2.24) is 0 Å². The van der Waals surface area contributed by atoms with Crippen LogP contribution in [0.25, 0.3) is 11.1 Å². The van der Waals surface area contributed by atoms with E-state index in [-0.39, 0.29) is 5.82 Å². The normalized spacial score (nSPS) is 12.0. The smallest absolute Gasteiger partial charge is 0.123 e. The number of rotatable bonds is 5. The van der Waals surface area contributed by atoms with Crippen LogP contribution < -0.4 is 0 Å². The van der Waals surface area contributed by atoms with Crippen LogP contribution in [0.1, 0.15) is 11.1 Å². The van der Waals surface area contributed by atoms with Gasteiger partial charge in [0.1, 0.15) is 5.82 Å². The topological polar surface area (TPSA) is 17.1 Å². The van der Waals surface area contributed by atoms with E-state index in [4.69, 9.17) is 0 Å². The first-order valence-electron chi connectivity index (χ1n) is 7.44. The standard InChI is InChI=1S/C20H17FOS/c21-20-8-4-5-17(13-20)15-23(22)14-16-9-11-19(12-10-16)18-6-2-1-3-7-18/h1-13H,14-15H2. The van der Waals surface area contributed by atoms with E-state index in [0.717, 1.165) is 16.7 Å². The van der Waals surface area contributed by atoms with Crippen LogP contribution in [0.15, 0.2) is 78.9 Å². The van der Waals surface area contributed by atoms with E-state index >= 15 is 0 Å². The van der Waals surface area contributed by atoms with Gasteiger partial charge >= 0.3 is 0 Å². The summed E-state index contributed by atoms with van der Waals surface area (Å²) in [5.41, 5.74) is 4.11. The molecule has 0 bridgehead atoms. The number of hydrogen-bond acceptors (Lipinski definition) is 1. The lowest BCUT2D eigenvalue weighted by Gasteiger charge is -2.06. The number of halogens is 1. The summed E-state index contributed by atoms with van der Waals surface area (Å²) in [6.07, 6.45) is 0. The van der Waals surface area contributed by atoms with E-state index in [1.54, 1.807) is 12.1 Å². The molecule has 3 aromatic rings. The molecule has 0 spiro atoms.